The molecule has 7 nitrogen and oxygen atoms in total. The number of amides is 1. The number of carbonyl (C=O) groups excluding carboxylic acids is 1. The molecule has 1 amide bonds. The molecule has 0 radical (unpaired) electrons. The smallest absolute Gasteiger partial charge is 0.255 e. The van der Waals surface area contributed by atoms with Crippen molar-refractivity contribution in [2.24, 2.45) is 0 Å². The number of hydrogen-bond acceptors (Lipinski definition) is 5. The molecule has 1 aliphatic carbocycles. The van der Waals surface area contributed by atoms with Crippen LogP contribution in [0.1, 0.15) is 46.7 Å². The van der Waals surface area contributed by atoms with E-state index in [1.807, 2.05) is 36.4 Å². The van der Waals surface area contributed by atoms with Crippen LogP contribution in [0.5, 0.6) is 0 Å². The average molecular weight is 579 g/mol. The molecule has 0 atom stereocenters. The van der Waals surface area contributed by atoms with Crippen LogP contribution >= 0.6 is 11.6 Å². The second kappa shape index (κ2) is 11.9. The Hall–Kier alpha value is -3.59. The summed E-state index contributed by atoms with van der Waals surface area (Å²) in [5.41, 5.74) is 4.60. The molecule has 4 aromatic rings. The van der Waals surface area contributed by atoms with E-state index in [2.05, 4.69) is 16.6 Å². The molecule has 1 fully saturated rings. The number of ether oxygens (including phenoxy) is 1. The van der Waals surface area contributed by atoms with Crippen molar-refractivity contribution in [2.75, 3.05) is 24.1 Å². The molecule has 9 heteroatoms. The zero-order valence-electron chi connectivity index (χ0n) is 22.2. The van der Waals surface area contributed by atoms with Crippen LogP contribution in [0.15, 0.2) is 83.3 Å². The molecule has 5 rings (SSSR count). The van der Waals surface area contributed by atoms with Crippen LogP contribution in [-0.4, -0.2) is 33.7 Å². The maximum Gasteiger partial charge on any atom is 0.255 e. The van der Waals surface area contributed by atoms with Gasteiger partial charge in [0.1, 0.15) is 11.3 Å². The van der Waals surface area contributed by atoms with Crippen molar-refractivity contribution >= 4 is 44.2 Å². The van der Waals surface area contributed by atoms with Gasteiger partial charge < -0.3 is 14.5 Å². The number of sulfonamides is 1. The molecular weight excluding hydrogens is 548 g/mol. The lowest BCUT2D eigenvalue weighted by Crippen LogP contribution is -2.19. The van der Waals surface area contributed by atoms with Gasteiger partial charge in [-0.05, 0) is 66.6 Å². The molecule has 2 N–H and O–H groups in total. The van der Waals surface area contributed by atoms with Crippen LogP contribution in [0, 0.1) is 0 Å². The minimum Gasteiger partial charge on any atom is -0.455 e. The average Bonchev–Trinajstić information content (AvgIpc) is 3.72. The zero-order valence-corrected chi connectivity index (χ0v) is 23.8. The summed E-state index contributed by atoms with van der Waals surface area (Å²) in [6.45, 7) is 4.71. The summed E-state index contributed by atoms with van der Waals surface area (Å²) in [5.74, 6) is 0.210. The van der Waals surface area contributed by atoms with Crippen LogP contribution in [0.2, 0.25) is 5.02 Å². The van der Waals surface area contributed by atoms with Crippen LogP contribution in [-0.2, 0) is 21.4 Å². The molecule has 1 heterocycles. The molecule has 1 aromatic heterocycles. The summed E-state index contributed by atoms with van der Waals surface area (Å²) in [6.07, 6.45) is 2.17. The van der Waals surface area contributed by atoms with E-state index in [9.17, 15) is 13.2 Å². The van der Waals surface area contributed by atoms with E-state index in [-0.39, 0.29) is 30.6 Å². The highest BCUT2D eigenvalue weighted by Crippen LogP contribution is 2.47. The number of carbonyl (C=O) groups is 1. The summed E-state index contributed by atoms with van der Waals surface area (Å²) in [5, 5.41) is 3.90. The van der Waals surface area contributed by atoms with E-state index in [1.54, 1.807) is 37.4 Å². The minimum atomic E-state index is -3.69. The van der Waals surface area contributed by atoms with E-state index < -0.39 is 10.0 Å². The van der Waals surface area contributed by atoms with E-state index in [4.69, 9.17) is 20.8 Å². The number of furan rings is 1. The van der Waals surface area contributed by atoms with Gasteiger partial charge in [-0.3, -0.25) is 9.52 Å². The highest BCUT2D eigenvalue weighted by molar-refractivity contribution is 7.92. The Morgan fingerprint density at radius 2 is 1.82 bits per heavy atom. The summed E-state index contributed by atoms with van der Waals surface area (Å²) in [6, 6.07) is 20.4. The molecule has 0 unspecified atom stereocenters. The van der Waals surface area contributed by atoms with Gasteiger partial charge in [-0.25, -0.2) is 8.42 Å². The number of fused-ring (bicyclic) bond motifs is 1. The molecular formula is C31H31ClN2O5S. The predicted octanol–water partition coefficient (Wildman–Crippen LogP) is 6.90. The van der Waals surface area contributed by atoms with Gasteiger partial charge in [0.25, 0.3) is 5.91 Å². The van der Waals surface area contributed by atoms with E-state index in [1.165, 1.54) is 0 Å². The van der Waals surface area contributed by atoms with Crippen molar-refractivity contribution in [3.8, 4) is 11.3 Å². The quantitative estimate of drug-likeness (QED) is 0.178. The molecule has 208 valence electrons. The van der Waals surface area contributed by atoms with Crippen LogP contribution < -0.4 is 10.0 Å². The fraction of sp³-hybridized carbons (Fsp3) is 0.258. The molecule has 0 aliphatic heterocycles. The van der Waals surface area contributed by atoms with E-state index in [0.29, 0.717) is 50.7 Å². The SMILES string of the molecule is C=C(CCS(=O)(=O)Nc1cc2oc(-c3ccc(Cl)cc3)c(C(=O)NC)c2cc1C1CC1)COCc1ccccc1. The van der Waals surface area contributed by atoms with Crippen LogP contribution in [0.4, 0.5) is 5.69 Å². The third-order valence-corrected chi connectivity index (χ3v) is 8.37. The topological polar surface area (TPSA) is 97.6 Å². The Bertz CT molecular complexity index is 1640. The Labute approximate surface area is 239 Å². The third-order valence-electron chi connectivity index (χ3n) is 6.85. The van der Waals surface area contributed by atoms with Crippen LogP contribution in [0.3, 0.4) is 0 Å². The fourth-order valence-corrected chi connectivity index (χ4v) is 5.89. The molecule has 0 bridgehead atoms. The van der Waals surface area contributed by atoms with Crippen molar-refractivity contribution in [3.05, 3.63) is 101 Å². The first-order valence-electron chi connectivity index (χ1n) is 13.1. The number of hydrogen-bond donors (Lipinski definition) is 2. The maximum absolute atomic E-state index is 13.1. The maximum atomic E-state index is 13.1. The van der Waals surface area contributed by atoms with Crippen molar-refractivity contribution < 1.29 is 22.4 Å². The lowest BCUT2D eigenvalue weighted by atomic mass is 10.0. The molecule has 1 aliphatic rings. The molecule has 0 saturated heterocycles. The minimum absolute atomic E-state index is 0.125. The Morgan fingerprint density at radius 3 is 2.50 bits per heavy atom. The predicted molar refractivity (Wildman–Crippen MR) is 159 cm³/mol. The number of anilines is 1. The summed E-state index contributed by atoms with van der Waals surface area (Å²) in [4.78, 5) is 12.9. The van der Waals surface area contributed by atoms with Gasteiger partial charge in [-0.1, -0.05) is 54.1 Å². The summed E-state index contributed by atoms with van der Waals surface area (Å²) in [7, 11) is -2.12. The van der Waals surface area contributed by atoms with Gasteiger partial charge in [0, 0.05) is 29.1 Å². The Kier molecular flexibility index (Phi) is 8.30. The van der Waals surface area contributed by atoms with Gasteiger partial charge in [-0.15, -0.1) is 0 Å². The molecule has 40 heavy (non-hydrogen) atoms. The van der Waals surface area contributed by atoms with Gasteiger partial charge in [0.05, 0.1) is 30.2 Å². The van der Waals surface area contributed by atoms with E-state index in [0.717, 1.165) is 24.0 Å². The monoisotopic (exact) mass is 578 g/mol. The highest BCUT2D eigenvalue weighted by Gasteiger charge is 2.30. The first-order chi connectivity index (χ1) is 19.2. The number of benzene rings is 3. The normalized spacial score (nSPS) is 13.3. The number of halogens is 1. The third kappa shape index (κ3) is 6.58. The van der Waals surface area contributed by atoms with Gasteiger partial charge >= 0.3 is 0 Å². The second-order valence-electron chi connectivity index (χ2n) is 10.0. The second-order valence-corrected chi connectivity index (χ2v) is 12.3. The molecule has 1 saturated carbocycles. The van der Waals surface area contributed by atoms with Crippen molar-refractivity contribution in [1.82, 2.24) is 5.32 Å². The van der Waals surface area contributed by atoms with Crippen molar-refractivity contribution in [2.45, 2.75) is 31.8 Å². The standard InChI is InChI=1S/C31H31ClN2O5S/c1-20(18-38-19-21-6-4-3-5-7-21)14-15-40(36,37)34-27-17-28-26(16-25(27)22-8-9-22)29(31(35)33-2)30(39-28)23-10-12-24(32)13-11-23/h3-7,10-13,16-17,22,34H,1,8-9,14-15,18-19H2,2H3,(H,33,35). The van der Waals surface area contributed by atoms with Gasteiger partial charge in [0.2, 0.25) is 10.0 Å². The van der Waals surface area contributed by atoms with Crippen molar-refractivity contribution in [3.63, 3.8) is 0 Å². The fourth-order valence-electron chi connectivity index (χ4n) is 4.59. The lowest BCUT2D eigenvalue weighted by Gasteiger charge is -2.14. The molecule has 3 aromatic carbocycles. The van der Waals surface area contributed by atoms with Crippen LogP contribution in [0.25, 0.3) is 22.3 Å². The molecule has 0 spiro atoms. The first-order valence-corrected chi connectivity index (χ1v) is 15.1. The number of rotatable bonds is 12. The number of nitrogens with one attached hydrogen (secondary N) is 2. The Balaban J connectivity index is 1.36. The lowest BCUT2D eigenvalue weighted by molar-refractivity contribution is 0.0964. The zero-order chi connectivity index (χ0) is 28.3. The Morgan fingerprint density at radius 1 is 1.10 bits per heavy atom. The summed E-state index contributed by atoms with van der Waals surface area (Å²) >= 11 is 6.06. The highest BCUT2D eigenvalue weighted by atomic mass is 35.5. The van der Waals surface area contributed by atoms with Gasteiger partial charge in [-0.2, -0.15) is 0 Å². The largest absolute Gasteiger partial charge is 0.455 e. The summed E-state index contributed by atoms with van der Waals surface area (Å²) < 4.78 is 40.8. The van der Waals surface area contributed by atoms with Crippen molar-refractivity contribution in [1.29, 1.82) is 0 Å². The van der Waals surface area contributed by atoms with E-state index >= 15 is 0 Å². The first kappa shape index (κ1) is 28.0. The van der Waals surface area contributed by atoms with Gasteiger partial charge in [0.15, 0.2) is 0 Å².